The first-order chi connectivity index (χ1) is 15.7. The van der Waals surface area contributed by atoms with Crippen LogP contribution in [-0.4, -0.2) is 70.6 Å². The van der Waals surface area contributed by atoms with Crippen LogP contribution in [0.1, 0.15) is 17.4 Å². The number of nitrogens with one attached hydrogen (secondary N) is 1. The van der Waals surface area contributed by atoms with Crippen molar-refractivity contribution < 1.29 is 24.6 Å². The molecule has 2 aliphatic heterocycles. The van der Waals surface area contributed by atoms with Crippen molar-refractivity contribution >= 4 is 41.3 Å². The fourth-order valence-electron chi connectivity index (χ4n) is 3.54. The van der Waals surface area contributed by atoms with Gasteiger partial charge in [-0.1, -0.05) is 23.9 Å². The SMILES string of the molecule is Cc1nnc(SCC2=C(C(=O)O)N3C(=O)C(NC(=O)C(N)c4ccc(O)cc4)[C@H]3SC2)n1C. The van der Waals surface area contributed by atoms with E-state index in [1.165, 1.54) is 52.7 Å². The highest BCUT2D eigenvalue weighted by Crippen LogP contribution is 2.41. The van der Waals surface area contributed by atoms with E-state index in [1.807, 2.05) is 18.5 Å². The van der Waals surface area contributed by atoms with Gasteiger partial charge in [0.25, 0.3) is 5.91 Å². The third-order valence-corrected chi connectivity index (χ3v) is 7.96. The number of aliphatic carboxylic acids is 1. The summed E-state index contributed by atoms with van der Waals surface area (Å²) in [5, 5.41) is 30.0. The maximum Gasteiger partial charge on any atom is 0.352 e. The number of fused-ring (bicyclic) bond motifs is 1. The average molecular weight is 491 g/mol. The maximum atomic E-state index is 12.8. The van der Waals surface area contributed by atoms with Gasteiger partial charge in [-0.15, -0.1) is 22.0 Å². The number of aromatic hydroxyl groups is 1. The Hall–Kier alpha value is -3.03. The first-order valence-electron chi connectivity index (χ1n) is 9.92. The third kappa shape index (κ3) is 4.30. The van der Waals surface area contributed by atoms with Crippen LogP contribution < -0.4 is 11.1 Å². The van der Waals surface area contributed by atoms with Crippen molar-refractivity contribution in [2.45, 2.75) is 29.5 Å². The van der Waals surface area contributed by atoms with Gasteiger partial charge in [-0.2, -0.15) is 0 Å². The number of carbonyl (C=O) groups is 3. The van der Waals surface area contributed by atoms with Crippen molar-refractivity contribution in [2.24, 2.45) is 12.8 Å². The van der Waals surface area contributed by atoms with Gasteiger partial charge >= 0.3 is 5.97 Å². The molecule has 3 atom stereocenters. The molecule has 3 heterocycles. The highest BCUT2D eigenvalue weighted by molar-refractivity contribution is 8.01. The zero-order valence-electron chi connectivity index (χ0n) is 17.8. The Morgan fingerprint density at radius 3 is 2.64 bits per heavy atom. The molecule has 2 unspecified atom stereocenters. The molecule has 174 valence electrons. The Labute approximate surface area is 197 Å². The van der Waals surface area contributed by atoms with E-state index < -0.39 is 35.2 Å². The number of hydrogen-bond acceptors (Lipinski definition) is 9. The van der Waals surface area contributed by atoms with Crippen LogP contribution in [0.5, 0.6) is 5.75 Å². The van der Waals surface area contributed by atoms with Gasteiger partial charge in [0.1, 0.15) is 34.7 Å². The van der Waals surface area contributed by atoms with Crippen LogP contribution in [0.25, 0.3) is 0 Å². The van der Waals surface area contributed by atoms with E-state index in [9.17, 15) is 24.6 Å². The number of β-lactam (4-membered cyclic amide) rings is 1. The number of carbonyl (C=O) groups excluding carboxylic acids is 2. The third-order valence-electron chi connectivity index (χ3n) is 5.51. The number of hydrogen-bond donors (Lipinski definition) is 4. The number of amides is 2. The molecule has 11 nitrogen and oxygen atoms in total. The molecule has 1 aromatic heterocycles. The maximum absolute atomic E-state index is 12.8. The molecule has 0 aliphatic carbocycles. The minimum atomic E-state index is -1.19. The van der Waals surface area contributed by atoms with Gasteiger partial charge in [0.2, 0.25) is 5.91 Å². The van der Waals surface area contributed by atoms with Crippen LogP contribution >= 0.6 is 23.5 Å². The van der Waals surface area contributed by atoms with Crippen molar-refractivity contribution in [2.75, 3.05) is 11.5 Å². The smallest absolute Gasteiger partial charge is 0.352 e. The number of aromatic nitrogens is 3. The summed E-state index contributed by atoms with van der Waals surface area (Å²) in [5.74, 6) is -0.706. The van der Waals surface area contributed by atoms with Gasteiger partial charge in [0.15, 0.2) is 5.16 Å². The molecule has 1 saturated heterocycles. The van der Waals surface area contributed by atoms with Gasteiger partial charge < -0.3 is 25.8 Å². The molecule has 13 heteroatoms. The van der Waals surface area contributed by atoms with Crippen molar-refractivity contribution in [3.05, 3.63) is 46.9 Å². The predicted molar refractivity (Wildman–Crippen MR) is 121 cm³/mol. The summed E-state index contributed by atoms with van der Waals surface area (Å²) in [4.78, 5) is 38.6. The Morgan fingerprint density at radius 1 is 1.33 bits per heavy atom. The van der Waals surface area contributed by atoms with Crippen LogP contribution in [0.15, 0.2) is 40.7 Å². The largest absolute Gasteiger partial charge is 0.508 e. The van der Waals surface area contributed by atoms with E-state index in [4.69, 9.17) is 5.73 Å². The van der Waals surface area contributed by atoms with Crippen LogP contribution in [0, 0.1) is 6.92 Å². The number of aryl methyl sites for hydroxylation is 1. The first kappa shape index (κ1) is 23.1. The minimum Gasteiger partial charge on any atom is -0.508 e. The van der Waals surface area contributed by atoms with E-state index in [2.05, 4.69) is 15.5 Å². The molecule has 0 spiro atoms. The summed E-state index contributed by atoms with van der Waals surface area (Å²) in [6, 6.07) is 3.99. The Morgan fingerprint density at radius 2 is 2.03 bits per heavy atom. The fourth-order valence-corrected chi connectivity index (χ4v) is 5.98. The molecular formula is C20H22N6O5S2. The minimum absolute atomic E-state index is 0.0473. The first-order valence-corrected chi connectivity index (χ1v) is 12.0. The van der Waals surface area contributed by atoms with E-state index in [0.717, 1.165) is 5.82 Å². The second-order valence-corrected chi connectivity index (χ2v) is 9.65. The molecule has 4 rings (SSSR count). The molecule has 1 aromatic carbocycles. The zero-order valence-corrected chi connectivity index (χ0v) is 19.4. The van der Waals surface area contributed by atoms with E-state index in [0.29, 0.717) is 27.8 Å². The summed E-state index contributed by atoms with van der Waals surface area (Å²) in [7, 11) is 1.82. The van der Waals surface area contributed by atoms with E-state index in [-0.39, 0.29) is 11.4 Å². The predicted octanol–water partition coefficient (Wildman–Crippen LogP) is 0.360. The number of carboxylic acids is 1. The lowest BCUT2D eigenvalue weighted by Crippen LogP contribution is -2.71. The Kier molecular flexibility index (Phi) is 6.36. The van der Waals surface area contributed by atoms with E-state index >= 15 is 0 Å². The summed E-state index contributed by atoms with van der Waals surface area (Å²) in [5.41, 5.74) is 7.02. The van der Waals surface area contributed by atoms with Crippen molar-refractivity contribution in [3.8, 4) is 5.75 Å². The molecule has 5 N–H and O–H groups in total. The van der Waals surface area contributed by atoms with Gasteiger partial charge in [-0.25, -0.2) is 4.79 Å². The summed E-state index contributed by atoms with van der Waals surface area (Å²) >= 11 is 2.74. The standard InChI is InChI=1S/C20H22N6O5S2/c1-9-23-24-20(25(9)2)33-8-11-7-32-18-14(17(29)26(18)15(11)19(30)31)22-16(28)13(21)10-3-5-12(27)6-4-10/h3-6,13-14,18,27H,7-8,21H2,1-2H3,(H,22,28)(H,30,31)/t13?,14?,18-/m1/s1. The Balaban J connectivity index is 1.46. The number of phenolic OH excluding ortho intramolecular Hbond substituents is 1. The highest BCUT2D eigenvalue weighted by atomic mass is 32.2. The fraction of sp³-hybridized carbons (Fsp3) is 0.350. The lowest BCUT2D eigenvalue weighted by atomic mass is 10.0. The number of nitrogens with zero attached hydrogens (tertiary/aromatic N) is 4. The second-order valence-electron chi connectivity index (χ2n) is 7.60. The molecule has 2 amide bonds. The van der Waals surface area contributed by atoms with Crippen LogP contribution in [0.3, 0.4) is 0 Å². The van der Waals surface area contributed by atoms with Crippen LogP contribution in [0.2, 0.25) is 0 Å². The molecule has 0 radical (unpaired) electrons. The van der Waals surface area contributed by atoms with Crippen molar-refractivity contribution in [3.63, 3.8) is 0 Å². The quantitative estimate of drug-likeness (QED) is 0.315. The Bertz CT molecular complexity index is 1150. The van der Waals surface area contributed by atoms with Crippen molar-refractivity contribution in [1.29, 1.82) is 0 Å². The van der Waals surface area contributed by atoms with Crippen LogP contribution in [-0.2, 0) is 21.4 Å². The number of carboxylic acid groups (broad SMARTS) is 1. The normalized spacial score (nSPS) is 20.8. The lowest BCUT2D eigenvalue weighted by Gasteiger charge is -2.49. The average Bonchev–Trinajstić information content (AvgIpc) is 3.12. The number of phenols is 1. The molecule has 1 fully saturated rings. The topological polar surface area (TPSA) is 164 Å². The molecule has 33 heavy (non-hydrogen) atoms. The molecule has 0 bridgehead atoms. The monoisotopic (exact) mass is 490 g/mol. The summed E-state index contributed by atoms with van der Waals surface area (Å²) in [6.07, 6.45) is 0. The number of thioether (sulfide) groups is 2. The number of nitrogens with two attached hydrogens (primary N) is 1. The number of rotatable bonds is 7. The van der Waals surface area contributed by atoms with Gasteiger partial charge in [-0.3, -0.25) is 14.5 Å². The molecule has 2 aliphatic rings. The van der Waals surface area contributed by atoms with Gasteiger partial charge in [-0.05, 0) is 30.2 Å². The lowest BCUT2D eigenvalue weighted by molar-refractivity contribution is -0.150. The zero-order chi connectivity index (χ0) is 23.9. The summed E-state index contributed by atoms with van der Waals surface area (Å²) in [6.45, 7) is 1.82. The molecular weight excluding hydrogens is 468 g/mol. The molecule has 2 aromatic rings. The van der Waals surface area contributed by atoms with Gasteiger partial charge in [0.05, 0.1) is 0 Å². The van der Waals surface area contributed by atoms with Crippen LogP contribution in [0.4, 0.5) is 0 Å². The van der Waals surface area contributed by atoms with E-state index in [1.54, 1.807) is 0 Å². The molecule has 0 saturated carbocycles. The van der Waals surface area contributed by atoms with Gasteiger partial charge in [0, 0.05) is 18.6 Å². The second kappa shape index (κ2) is 9.08. The number of benzene rings is 1. The highest BCUT2D eigenvalue weighted by Gasteiger charge is 2.54. The van der Waals surface area contributed by atoms with Crippen molar-refractivity contribution in [1.82, 2.24) is 25.0 Å². The summed E-state index contributed by atoms with van der Waals surface area (Å²) < 4.78 is 1.81.